The van der Waals surface area contributed by atoms with Gasteiger partial charge in [0.15, 0.2) is 5.71 Å². The number of nitrogens with zero attached hydrogens (tertiary/aromatic N) is 6. The molecule has 0 aliphatic heterocycles. The highest BCUT2D eigenvalue weighted by Gasteiger charge is 2.24. The summed E-state index contributed by atoms with van der Waals surface area (Å²) in [4.78, 5) is 8.63. The van der Waals surface area contributed by atoms with Crippen molar-refractivity contribution in [3.63, 3.8) is 0 Å². The molecule has 416 valence electrons. The Labute approximate surface area is 451 Å². The third-order valence-electron chi connectivity index (χ3n) is 13.1. The van der Waals surface area contributed by atoms with Gasteiger partial charge in [0.1, 0.15) is 13.1 Å². The zero-order chi connectivity index (χ0) is 55.5. The zero-order valence-electron chi connectivity index (χ0n) is 44.1. The third-order valence-corrected chi connectivity index (χ3v) is 16.3. The van der Waals surface area contributed by atoms with E-state index < -0.39 is 40.5 Å². The molecule has 4 N–H and O–H groups in total. The van der Waals surface area contributed by atoms with Gasteiger partial charge in [-0.25, -0.2) is 4.58 Å². The van der Waals surface area contributed by atoms with Crippen LogP contribution in [0.25, 0.3) is 0 Å². The lowest BCUT2D eigenvalue weighted by atomic mass is 10.1. The van der Waals surface area contributed by atoms with E-state index in [-0.39, 0.29) is 23.0 Å². The molecular formula is C54H76N6O12S4+2. The molecule has 18 nitrogen and oxygen atoms in total. The van der Waals surface area contributed by atoms with E-state index in [2.05, 4.69) is 53.0 Å². The quantitative estimate of drug-likeness (QED) is 0.0154. The van der Waals surface area contributed by atoms with Crippen molar-refractivity contribution in [2.45, 2.75) is 79.1 Å². The molecule has 1 aliphatic carbocycles. The number of rotatable bonds is 32. The normalized spacial score (nSPS) is 13.0. The predicted molar refractivity (Wildman–Crippen MR) is 309 cm³/mol. The van der Waals surface area contributed by atoms with Crippen molar-refractivity contribution < 1.29 is 56.5 Å². The van der Waals surface area contributed by atoms with Crippen LogP contribution in [0.4, 0.5) is 45.5 Å². The lowest BCUT2D eigenvalue weighted by Crippen LogP contribution is -2.25. The van der Waals surface area contributed by atoms with Gasteiger partial charge in [-0.05, 0) is 145 Å². The van der Waals surface area contributed by atoms with Crippen LogP contribution in [-0.4, -0.2) is 143 Å². The van der Waals surface area contributed by atoms with E-state index >= 15 is 0 Å². The summed E-state index contributed by atoms with van der Waals surface area (Å²) in [6, 6.07) is 32.7. The third kappa shape index (κ3) is 20.2. The Kier molecular flexibility index (Phi) is 23.2. The Morgan fingerprint density at radius 3 is 0.947 bits per heavy atom. The fourth-order valence-electron chi connectivity index (χ4n) is 9.12. The second-order valence-corrected chi connectivity index (χ2v) is 24.8. The Hall–Kier alpha value is -5.46. The van der Waals surface area contributed by atoms with Crippen LogP contribution in [0.15, 0.2) is 121 Å². The first-order valence-electron chi connectivity index (χ1n) is 25.9. The molecule has 0 unspecified atom stereocenters. The molecule has 0 atom stereocenters. The van der Waals surface area contributed by atoms with E-state index in [0.29, 0.717) is 104 Å². The average Bonchev–Trinajstić information content (AvgIpc) is 3.37. The van der Waals surface area contributed by atoms with E-state index in [0.717, 1.165) is 56.9 Å². The van der Waals surface area contributed by atoms with E-state index in [4.69, 9.17) is 0 Å². The molecule has 4 aromatic carbocycles. The van der Waals surface area contributed by atoms with Gasteiger partial charge >= 0.3 is 0 Å². The van der Waals surface area contributed by atoms with Crippen LogP contribution in [-0.2, 0) is 40.5 Å². The molecule has 0 amide bonds. The largest absolute Gasteiger partial charge is 0.372 e. The summed E-state index contributed by atoms with van der Waals surface area (Å²) in [7, 11) is -16.2. The van der Waals surface area contributed by atoms with Crippen LogP contribution < -0.4 is 24.2 Å². The van der Waals surface area contributed by atoms with Gasteiger partial charge in [0.25, 0.3) is 40.5 Å². The molecule has 0 aromatic heterocycles. The zero-order valence-corrected chi connectivity index (χ0v) is 47.3. The van der Waals surface area contributed by atoms with E-state index in [9.17, 15) is 51.9 Å². The molecule has 0 saturated carbocycles. The van der Waals surface area contributed by atoms with Crippen LogP contribution in [0.2, 0.25) is 0 Å². The van der Waals surface area contributed by atoms with Crippen molar-refractivity contribution in [2.75, 3.05) is 95.0 Å². The Bertz CT molecular complexity index is 2980. The SMILES string of the molecule is CCN(CCCCS(=O)(=O)O)c1ccc(N(c2ccc(N(CC)CCCCS(=O)(=O)O)cc2)c2ccc([N+](=C3C=CC(=[N+](CC)CCCCS(=O)(=O)O)C=C3)c3ccc(N(CC)CCCCS(=O)(=O)O)cc3)cc2)cc1. The first-order valence-corrected chi connectivity index (χ1v) is 32.4. The summed E-state index contributed by atoms with van der Waals surface area (Å²) in [5.41, 5.74) is 9.09. The summed E-state index contributed by atoms with van der Waals surface area (Å²) in [5.74, 6) is -1.15. The van der Waals surface area contributed by atoms with E-state index in [1.165, 1.54) is 0 Å². The van der Waals surface area contributed by atoms with Crippen molar-refractivity contribution in [3.05, 3.63) is 121 Å². The Balaban J connectivity index is 1.54. The minimum absolute atomic E-state index is 0.288. The molecule has 76 heavy (non-hydrogen) atoms. The summed E-state index contributed by atoms with van der Waals surface area (Å²) >= 11 is 0. The number of hydrogen-bond donors (Lipinski definition) is 4. The molecule has 0 spiro atoms. The van der Waals surface area contributed by atoms with Gasteiger partial charge in [0.2, 0.25) is 17.1 Å². The van der Waals surface area contributed by atoms with Gasteiger partial charge in [-0.2, -0.15) is 38.2 Å². The highest BCUT2D eigenvalue weighted by atomic mass is 32.2. The second kappa shape index (κ2) is 28.8. The molecule has 4 aromatic rings. The van der Waals surface area contributed by atoms with Crippen molar-refractivity contribution >= 4 is 97.4 Å². The molecule has 22 heteroatoms. The van der Waals surface area contributed by atoms with Crippen LogP contribution in [0.5, 0.6) is 0 Å². The highest BCUT2D eigenvalue weighted by Crippen LogP contribution is 2.38. The topological polar surface area (TPSA) is 236 Å². The van der Waals surface area contributed by atoms with Crippen LogP contribution in [0.3, 0.4) is 0 Å². The molecule has 0 saturated heterocycles. The molecule has 0 bridgehead atoms. The fourth-order valence-corrected chi connectivity index (χ4v) is 11.4. The minimum Gasteiger partial charge on any atom is -0.372 e. The number of allylic oxidation sites excluding steroid dienone is 4. The van der Waals surface area contributed by atoms with Gasteiger partial charge in [-0.3, -0.25) is 18.2 Å². The first-order chi connectivity index (χ1) is 36.0. The van der Waals surface area contributed by atoms with Crippen LogP contribution in [0, 0.1) is 0 Å². The lowest BCUT2D eigenvalue weighted by Gasteiger charge is -2.28. The second-order valence-electron chi connectivity index (χ2n) is 18.5. The van der Waals surface area contributed by atoms with Crippen molar-refractivity contribution in [3.8, 4) is 0 Å². The van der Waals surface area contributed by atoms with Gasteiger partial charge < -0.3 is 19.6 Å². The van der Waals surface area contributed by atoms with Gasteiger partial charge in [0.05, 0.1) is 23.0 Å². The Morgan fingerprint density at radius 1 is 0.368 bits per heavy atom. The van der Waals surface area contributed by atoms with Crippen LogP contribution >= 0.6 is 0 Å². The van der Waals surface area contributed by atoms with Crippen molar-refractivity contribution in [2.24, 2.45) is 0 Å². The molecule has 0 radical (unpaired) electrons. The number of hydrogen-bond acceptors (Lipinski definition) is 12. The molecule has 0 fully saturated rings. The van der Waals surface area contributed by atoms with Crippen molar-refractivity contribution in [1.82, 2.24) is 4.58 Å². The summed E-state index contributed by atoms with van der Waals surface area (Å²) in [5, 5.41) is 0. The maximum atomic E-state index is 11.3. The lowest BCUT2D eigenvalue weighted by molar-refractivity contribution is -0.523. The average molecular weight is 1130 g/mol. The number of anilines is 6. The first kappa shape index (κ1) is 61.4. The number of benzene rings is 4. The fraction of sp³-hybridized carbons (Fsp3) is 0.444. The van der Waals surface area contributed by atoms with E-state index in [1.54, 1.807) is 0 Å². The van der Waals surface area contributed by atoms with Gasteiger partial charge in [0, 0.05) is 128 Å². The molecule has 1 aliphatic rings. The number of unbranched alkanes of at least 4 members (excludes halogenated alkanes) is 4. The van der Waals surface area contributed by atoms with Crippen LogP contribution in [0.1, 0.15) is 79.1 Å². The standard InChI is InChI=1S/C54H74N6O12S4/c1-5-55(37-9-13-41-73(61,62)63)45-17-25-49(26-18-45)59(50-27-19-46(20-28-50)56(6-2)38-10-14-42-74(64,65)66)53-33-35-54(36-34-53)60(51-29-21-47(22-30-51)57(7-3)39-11-15-43-75(67,68)69)52-31-23-48(24-32-52)58(8-4)40-12-16-44-76(70,71)72/h17-36H,5-16,37-44H2,1-4H3,(H2-2,61,62,63,64,65,66,67,68,69,70,71,72)/p+2. The molecule has 5 rings (SSSR count). The summed E-state index contributed by atoms with van der Waals surface area (Å²) < 4.78 is 132. The monoisotopic (exact) mass is 1130 g/mol. The summed E-state index contributed by atoms with van der Waals surface area (Å²) in [6.07, 6.45) is 11.8. The Morgan fingerprint density at radius 2 is 0.645 bits per heavy atom. The maximum Gasteiger partial charge on any atom is 0.264 e. The smallest absolute Gasteiger partial charge is 0.264 e. The van der Waals surface area contributed by atoms with Gasteiger partial charge in [-0.1, -0.05) is 0 Å². The minimum atomic E-state index is -4.04. The van der Waals surface area contributed by atoms with E-state index in [1.807, 2.05) is 125 Å². The molecule has 0 heterocycles. The van der Waals surface area contributed by atoms with Gasteiger partial charge in [-0.15, -0.1) is 0 Å². The highest BCUT2D eigenvalue weighted by molar-refractivity contribution is 7.86. The summed E-state index contributed by atoms with van der Waals surface area (Å²) in [6.45, 7) is 13.3. The predicted octanol–water partition coefficient (Wildman–Crippen LogP) is 9.18. The maximum absolute atomic E-state index is 11.3. The molecular weight excluding hydrogens is 1050 g/mol. The van der Waals surface area contributed by atoms with Crippen molar-refractivity contribution in [1.29, 1.82) is 0 Å².